The molecule has 76 valence electrons. The van der Waals surface area contributed by atoms with Crippen molar-refractivity contribution in [2.75, 3.05) is 6.54 Å². The van der Waals surface area contributed by atoms with Crippen LogP contribution in [-0.4, -0.2) is 17.6 Å². The molecule has 2 N–H and O–H groups in total. The van der Waals surface area contributed by atoms with E-state index in [1.165, 1.54) is 0 Å². The van der Waals surface area contributed by atoms with Gasteiger partial charge in [-0.1, -0.05) is 23.7 Å². The first-order chi connectivity index (χ1) is 6.65. The van der Waals surface area contributed by atoms with E-state index in [9.17, 15) is 9.90 Å². The summed E-state index contributed by atoms with van der Waals surface area (Å²) < 4.78 is 0. The van der Waals surface area contributed by atoms with Crippen molar-refractivity contribution in [2.45, 2.75) is 13.0 Å². The highest BCUT2D eigenvalue weighted by Crippen LogP contribution is 2.16. The largest absolute Gasteiger partial charge is 0.378 e. The molecule has 0 aliphatic carbocycles. The van der Waals surface area contributed by atoms with Gasteiger partial charge in [0.2, 0.25) is 0 Å². The molecule has 1 atom stereocenters. The van der Waals surface area contributed by atoms with Crippen LogP contribution in [-0.2, 0) is 4.79 Å². The van der Waals surface area contributed by atoms with Crippen LogP contribution in [0.1, 0.15) is 18.6 Å². The zero-order valence-corrected chi connectivity index (χ0v) is 8.58. The standard InChI is InChI=1S/C10H12ClNO2/c1-2-12-10(14)9(13)7-3-5-8(11)6-4-7/h3-6,9,13H,2H2,1H3,(H,12,14). The van der Waals surface area contributed by atoms with Crippen molar-refractivity contribution in [1.29, 1.82) is 0 Å². The lowest BCUT2D eigenvalue weighted by Gasteiger charge is -2.10. The monoisotopic (exact) mass is 213 g/mol. The highest BCUT2D eigenvalue weighted by molar-refractivity contribution is 6.30. The van der Waals surface area contributed by atoms with E-state index in [1.807, 2.05) is 0 Å². The van der Waals surface area contributed by atoms with Gasteiger partial charge >= 0.3 is 0 Å². The average Bonchev–Trinajstić information content (AvgIpc) is 2.18. The minimum absolute atomic E-state index is 0.394. The highest BCUT2D eigenvalue weighted by Gasteiger charge is 2.15. The van der Waals surface area contributed by atoms with E-state index in [0.29, 0.717) is 17.1 Å². The second-order valence-electron chi connectivity index (χ2n) is 2.85. The van der Waals surface area contributed by atoms with Crippen LogP contribution in [0.3, 0.4) is 0 Å². The third-order valence-electron chi connectivity index (χ3n) is 1.79. The second kappa shape index (κ2) is 4.98. The Morgan fingerprint density at radius 3 is 2.57 bits per heavy atom. The lowest BCUT2D eigenvalue weighted by Crippen LogP contribution is -2.28. The van der Waals surface area contributed by atoms with E-state index in [2.05, 4.69) is 5.32 Å². The van der Waals surface area contributed by atoms with E-state index in [4.69, 9.17) is 11.6 Å². The molecule has 1 rings (SSSR count). The number of nitrogens with one attached hydrogen (secondary N) is 1. The molecule has 0 radical (unpaired) electrons. The van der Waals surface area contributed by atoms with Crippen LogP contribution in [0.15, 0.2) is 24.3 Å². The minimum atomic E-state index is -1.12. The van der Waals surface area contributed by atoms with E-state index in [1.54, 1.807) is 31.2 Å². The molecule has 0 aliphatic rings. The molecule has 0 spiro atoms. The summed E-state index contributed by atoms with van der Waals surface area (Å²) >= 11 is 5.67. The average molecular weight is 214 g/mol. The van der Waals surface area contributed by atoms with E-state index < -0.39 is 12.0 Å². The van der Waals surface area contributed by atoms with Crippen LogP contribution >= 0.6 is 11.6 Å². The minimum Gasteiger partial charge on any atom is -0.378 e. The number of hydrogen-bond acceptors (Lipinski definition) is 2. The molecule has 0 aromatic heterocycles. The number of carbonyl (C=O) groups excluding carboxylic acids is 1. The van der Waals surface area contributed by atoms with Gasteiger partial charge in [0, 0.05) is 11.6 Å². The van der Waals surface area contributed by atoms with Gasteiger partial charge in [0.05, 0.1) is 0 Å². The Balaban J connectivity index is 2.73. The van der Waals surface area contributed by atoms with Crippen LogP contribution in [0.5, 0.6) is 0 Å². The van der Waals surface area contributed by atoms with E-state index in [0.717, 1.165) is 0 Å². The number of benzene rings is 1. The first-order valence-corrected chi connectivity index (χ1v) is 4.74. The quantitative estimate of drug-likeness (QED) is 0.800. The maximum atomic E-state index is 11.2. The summed E-state index contributed by atoms with van der Waals surface area (Å²) in [5.41, 5.74) is 0.542. The van der Waals surface area contributed by atoms with Crippen molar-refractivity contribution in [3.05, 3.63) is 34.9 Å². The summed E-state index contributed by atoms with van der Waals surface area (Å²) in [6.07, 6.45) is -1.12. The summed E-state index contributed by atoms with van der Waals surface area (Å²) in [6.45, 7) is 2.30. The molecule has 1 aromatic rings. The number of carbonyl (C=O) groups is 1. The van der Waals surface area contributed by atoms with E-state index >= 15 is 0 Å². The fourth-order valence-corrected chi connectivity index (χ4v) is 1.19. The molecular formula is C10H12ClNO2. The number of aliphatic hydroxyl groups excluding tert-OH is 1. The van der Waals surface area contributed by atoms with Crippen LogP contribution < -0.4 is 5.32 Å². The van der Waals surface area contributed by atoms with Crippen LogP contribution in [0.25, 0.3) is 0 Å². The number of hydrogen-bond donors (Lipinski definition) is 2. The summed E-state index contributed by atoms with van der Waals surface area (Å²) in [7, 11) is 0. The van der Waals surface area contributed by atoms with Crippen LogP contribution in [0.2, 0.25) is 5.02 Å². The molecule has 3 nitrogen and oxygen atoms in total. The Kier molecular flexibility index (Phi) is 3.92. The molecule has 0 aliphatic heterocycles. The Labute approximate surface area is 87.7 Å². The van der Waals surface area contributed by atoms with Gasteiger partial charge in [-0.05, 0) is 24.6 Å². The number of amides is 1. The highest BCUT2D eigenvalue weighted by atomic mass is 35.5. The molecule has 4 heteroatoms. The van der Waals surface area contributed by atoms with Crippen molar-refractivity contribution in [2.24, 2.45) is 0 Å². The zero-order chi connectivity index (χ0) is 10.6. The molecular weight excluding hydrogens is 202 g/mol. The fraction of sp³-hybridized carbons (Fsp3) is 0.300. The molecule has 14 heavy (non-hydrogen) atoms. The smallest absolute Gasteiger partial charge is 0.253 e. The van der Waals surface area contributed by atoms with Crippen molar-refractivity contribution in [1.82, 2.24) is 5.32 Å². The topological polar surface area (TPSA) is 49.3 Å². The number of aliphatic hydroxyl groups is 1. The van der Waals surface area contributed by atoms with Crippen molar-refractivity contribution in [3.63, 3.8) is 0 Å². The molecule has 1 amide bonds. The van der Waals surface area contributed by atoms with Gasteiger partial charge in [-0.3, -0.25) is 4.79 Å². The third kappa shape index (κ3) is 2.72. The molecule has 0 fully saturated rings. The molecule has 1 aromatic carbocycles. The molecule has 0 saturated heterocycles. The second-order valence-corrected chi connectivity index (χ2v) is 3.29. The first-order valence-electron chi connectivity index (χ1n) is 4.36. The van der Waals surface area contributed by atoms with Gasteiger partial charge in [0.15, 0.2) is 6.10 Å². The van der Waals surface area contributed by atoms with Gasteiger partial charge in [-0.15, -0.1) is 0 Å². The molecule has 0 saturated carbocycles. The van der Waals surface area contributed by atoms with Gasteiger partial charge < -0.3 is 10.4 Å². The maximum Gasteiger partial charge on any atom is 0.253 e. The van der Waals surface area contributed by atoms with Gasteiger partial charge in [-0.2, -0.15) is 0 Å². The summed E-state index contributed by atoms with van der Waals surface area (Å²) in [5, 5.41) is 12.7. The van der Waals surface area contributed by atoms with Crippen molar-refractivity contribution < 1.29 is 9.90 Å². The molecule has 0 heterocycles. The summed E-state index contributed by atoms with van der Waals surface area (Å²) in [4.78, 5) is 11.2. The zero-order valence-electron chi connectivity index (χ0n) is 7.83. The van der Waals surface area contributed by atoms with Crippen molar-refractivity contribution >= 4 is 17.5 Å². The Morgan fingerprint density at radius 2 is 2.07 bits per heavy atom. The number of rotatable bonds is 3. The Morgan fingerprint density at radius 1 is 1.50 bits per heavy atom. The van der Waals surface area contributed by atoms with E-state index in [-0.39, 0.29) is 0 Å². The fourth-order valence-electron chi connectivity index (χ4n) is 1.07. The summed E-state index contributed by atoms with van der Waals surface area (Å²) in [6, 6.07) is 6.53. The van der Waals surface area contributed by atoms with Crippen molar-refractivity contribution in [3.8, 4) is 0 Å². The van der Waals surface area contributed by atoms with Gasteiger partial charge in [0.25, 0.3) is 5.91 Å². The molecule has 0 bridgehead atoms. The van der Waals surface area contributed by atoms with Crippen LogP contribution in [0, 0.1) is 0 Å². The van der Waals surface area contributed by atoms with Gasteiger partial charge in [0.1, 0.15) is 0 Å². The Hall–Kier alpha value is -1.06. The lowest BCUT2D eigenvalue weighted by molar-refractivity contribution is -0.129. The summed E-state index contributed by atoms with van der Waals surface area (Å²) in [5.74, 6) is -0.394. The van der Waals surface area contributed by atoms with Crippen LogP contribution in [0.4, 0.5) is 0 Å². The predicted molar refractivity (Wildman–Crippen MR) is 55.1 cm³/mol. The Bertz CT molecular complexity index is 310. The first kappa shape index (κ1) is 11.0. The predicted octanol–water partition coefficient (Wildman–Crippen LogP) is 1.51. The number of likely N-dealkylation sites (N-methyl/N-ethyl adjacent to an activating group) is 1. The SMILES string of the molecule is CCNC(=O)C(O)c1ccc(Cl)cc1. The molecule has 1 unspecified atom stereocenters. The van der Waals surface area contributed by atoms with Gasteiger partial charge in [-0.25, -0.2) is 0 Å². The maximum absolute atomic E-state index is 11.2. The lowest BCUT2D eigenvalue weighted by atomic mass is 10.1. The normalized spacial score (nSPS) is 12.2. The third-order valence-corrected chi connectivity index (χ3v) is 2.04. The number of halogens is 1.